The summed E-state index contributed by atoms with van der Waals surface area (Å²) in [5, 5.41) is 8.85. The monoisotopic (exact) mass is 436 g/mol. The molecule has 0 spiro atoms. The zero-order valence-electron chi connectivity index (χ0n) is 18.9. The van der Waals surface area contributed by atoms with Crippen LogP contribution in [0.15, 0.2) is 43.0 Å². The molecule has 9 heteroatoms. The van der Waals surface area contributed by atoms with Gasteiger partial charge < -0.3 is 20.5 Å². The normalized spacial score (nSPS) is 18.1. The van der Waals surface area contributed by atoms with Gasteiger partial charge in [0.1, 0.15) is 17.8 Å². The smallest absolute Gasteiger partial charge is 0.229 e. The molecule has 2 aromatic rings. The van der Waals surface area contributed by atoms with E-state index in [2.05, 4.69) is 55.4 Å². The Balaban J connectivity index is 1.54. The molecular weight excluding hydrogens is 404 g/mol. The molecule has 0 radical (unpaired) electrons. The van der Waals surface area contributed by atoms with Gasteiger partial charge in [0.2, 0.25) is 5.95 Å². The molecule has 0 aromatic carbocycles. The Morgan fingerprint density at radius 2 is 1.91 bits per heavy atom. The summed E-state index contributed by atoms with van der Waals surface area (Å²) in [5.41, 5.74) is 1.71. The number of aldehydes is 1. The van der Waals surface area contributed by atoms with Crippen LogP contribution in [0.2, 0.25) is 0 Å². The van der Waals surface area contributed by atoms with E-state index in [0.29, 0.717) is 17.5 Å². The number of hydrogen-bond donors (Lipinski definition) is 2. The average Bonchev–Trinajstić information content (AvgIpc) is 2.90. The second-order valence-electron chi connectivity index (χ2n) is 8.87. The molecule has 0 saturated carbocycles. The molecule has 0 aliphatic carbocycles. The van der Waals surface area contributed by atoms with Crippen LogP contribution >= 0.6 is 0 Å². The van der Waals surface area contributed by atoms with Gasteiger partial charge in [-0.3, -0.25) is 4.79 Å². The van der Waals surface area contributed by atoms with Gasteiger partial charge in [-0.15, -0.1) is 0 Å². The van der Waals surface area contributed by atoms with E-state index in [1.54, 1.807) is 24.7 Å². The number of anilines is 3. The van der Waals surface area contributed by atoms with E-state index in [-0.39, 0.29) is 5.54 Å². The van der Waals surface area contributed by atoms with Crippen molar-refractivity contribution in [1.29, 1.82) is 0 Å². The van der Waals surface area contributed by atoms with Crippen molar-refractivity contribution < 1.29 is 4.79 Å². The van der Waals surface area contributed by atoms with Gasteiger partial charge >= 0.3 is 0 Å². The maximum atomic E-state index is 11.7. The molecule has 0 bridgehead atoms. The first-order valence-electron chi connectivity index (χ1n) is 11.3. The average molecular weight is 437 g/mol. The molecule has 170 valence electrons. The molecule has 2 saturated heterocycles. The highest BCUT2D eigenvalue weighted by Crippen LogP contribution is 2.21. The second-order valence-corrected chi connectivity index (χ2v) is 8.87. The molecule has 0 unspecified atom stereocenters. The Morgan fingerprint density at radius 1 is 1.06 bits per heavy atom. The molecule has 2 aliphatic heterocycles. The Labute approximate surface area is 189 Å². The van der Waals surface area contributed by atoms with Crippen molar-refractivity contribution in [2.24, 2.45) is 0 Å². The lowest BCUT2D eigenvalue weighted by molar-refractivity contribution is 0.111. The molecule has 9 nitrogen and oxygen atoms in total. The molecule has 32 heavy (non-hydrogen) atoms. The van der Waals surface area contributed by atoms with Crippen LogP contribution in [0.5, 0.6) is 0 Å². The summed E-state index contributed by atoms with van der Waals surface area (Å²) in [5.74, 6) is 1.08. The maximum Gasteiger partial charge on any atom is 0.229 e. The van der Waals surface area contributed by atoms with Crippen LogP contribution in [0.1, 0.15) is 43.6 Å². The largest absolute Gasteiger partial charge is 0.367 e. The van der Waals surface area contributed by atoms with Gasteiger partial charge in [-0.25, -0.2) is 19.6 Å². The second kappa shape index (κ2) is 9.95. The molecule has 0 amide bonds. The summed E-state index contributed by atoms with van der Waals surface area (Å²) in [4.78, 5) is 27.5. The first kappa shape index (κ1) is 22.0. The van der Waals surface area contributed by atoms with Crippen molar-refractivity contribution >= 4 is 23.7 Å². The summed E-state index contributed by atoms with van der Waals surface area (Å²) in [6, 6.07) is 7.51. The highest BCUT2D eigenvalue weighted by atomic mass is 16.1. The Kier molecular flexibility index (Phi) is 6.84. The van der Waals surface area contributed by atoms with E-state index < -0.39 is 0 Å². The predicted molar refractivity (Wildman–Crippen MR) is 127 cm³/mol. The minimum absolute atomic E-state index is 0.0803. The van der Waals surface area contributed by atoms with Gasteiger partial charge in [-0.1, -0.05) is 0 Å². The summed E-state index contributed by atoms with van der Waals surface area (Å²) < 4.78 is 1.82. The lowest BCUT2D eigenvalue weighted by atomic mass is 10.0. The fourth-order valence-corrected chi connectivity index (χ4v) is 4.15. The maximum absolute atomic E-state index is 11.7. The number of aromatic nitrogens is 4. The molecule has 2 aromatic heterocycles. The predicted octanol–water partition coefficient (Wildman–Crippen LogP) is 2.66. The Morgan fingerprint density at radius 3 is 2.62 bits per heavy atom. The molecule has 0 atom stereocenters. The number of nitrogens with zero attached hydrogens (tertiary/aromatic N) is 6. The van der Waals surface area contributed by atoms with Gasteiger partial charge in [0.05, 0.1) is 11.9 Å². The standard InChI is InChI=1S/C23H32N8O/c1-23(2)17-29(14-11-27-23)19-8-9-21(25-15-19)28-22-24-10-6-7-20(16-32)31(18-26-22)30-12-4-3-5-13-30/h6-10,15-16,18,27H,3-5,11-14,17H2,1-2H3,(H,24,25,28). The molecule has 4 rings (SSSR count). The minimum Gasteiger partial charge on any atom is -0.367 e. The number of piperazine rings is 1. The topological polar surface area (TPSA) is 91.2 Å². The van der Waals surface area contributed by atoms with Crippen molar-refractivity contribution in [2.75, 3.05) is 47.9 Å². The van der Waals surface area contributed by atoms with Gasteiger partial charge in [0, 0.05) is 44.5 Å². The highest BCUT2D eigenvalue weighted by molar-refractivity contribution is 5.71. The zero-order valence-corrected chi connectivity index (χ0v) is 18.9. The van der Waals surface area contributed by atoms with Gasteiger partial charge in [0.25, 0.3) is 0 Å². The van der Waals surface area contributed by atoms with Gasteiger partial charge in [0.15, 0.2) is 6.29 Å². The highest BCUT2D eigenvalue weighted by Gasteiger charge is 2.25. The van der Waals surface area contributed by atoms with Crippen LogP contribution in [-0.4, -0.2) is 64.2 Å². The fraction of sp³-hybridized carbons (Fsp3) is 0.478. The van der Waals surface area contributed by atoms with Crippen molar-refractivity contribution in [3.8, 4) is 0 Å². The fourth-order valence-electron chi connectivity index (χ4n) is 4.15. The van der Waals surface area contributed by atoms with Crippen molar-refractivity contribution in [2.45, 2.75) is 38.6 Å². The summed E-state index contributed by atoms with van der Waals surface area (Å²) in [7, 11) is 0. The molecule has 2 fully saturated rings. The van der Waals surface area contributed by atoms with E-state index in [9.17, 15) is 4.79 Å². The Bertz CT molecular complexity index is 964. The third kappa shape index (κ3) is 5.53. The van der Waals surface area contributed by atoms with E-state index >= 15 is 0 Å². The number of pyridine rings is 1. The van der Waals surface area contributed by atoms with Crippen molar-refractivity contribution in [3.63, 3.8) is 0 Å². The number of rotatable bonds is 5. The van der Waals surface area contributed by atoms with Crippen molar-refractivity contribution in [3.05, 3.63) is 48.7 Å². The van der Waals surface area contributed by atoms with E-state index in [0.717, 1.165) is 57.5 Å². The lowest BCUT2D eigenvalue weighted by Gasteiger charge is -2.40. The summed E-state index contributed by atoms with van der Waals surface area (Å²) >= 11 is 0. The van der Waals surface area contributed by atoms with Gasteiger partial charge in [-0.2, -0.15) is 0 Å². The Hall–Kier alpha value is -3.20. The molecular formula is C23H32N8O. The van der Waals surface area contributed by atoms with Crippen LogP contribution in [0.3, 0.4) is 0 Å². The third-order valence-corrected chi connectivity index (χ3v) is 5.79. The van der Waals surface area contributed by atoms with Crippen LogP contribution in [-0.2, 0) is 0 Å². The molecule has 2 aliphatic rings. The van der Waals surface area contributed by atoms with E-state index in [4.69, 9.17) is 0 Å². The first-order chi connectivity index (χ1) is 15.5. The number of carbonyl (C=O) groups excluding carboxylic acids is 1. The molecule has 2 N–H and O–H groups in total. The third-order valence-electron chi connectivity index (χ3n) is 5.79. The lowest BCUT2D eigenvalue weighted by Crippen LogP contribution is -2.57. The quantitative estimate of drug-likeness (QED) is 0.692. The first-order valence-corrected chi connectivity index (χ1v) is 11.3. The van der Waals surface area contributed by atoms with E-state index in [1.165, 1.54) is 6.42 Å². The minimum atomic E-state index is 0.0803. The summed E-state index contributed by atoms with van der Waals surface area (Å²) in [6.45, 7) is 9.05. The number of piperidine rings is 1. The van der Waals surface area contributed by atoms with Gasteiger partial charge in [-0.05, 0) is 57.4 Å². The van der Waals surface area contributed by atoms with Crippen LogP contribution in [0.25, 0.3) is 0 Å². The number of nitrogens with one attached hydrogen (secondary N) is 2. The van der Waals surface area contributed by atoms with Crippen LogP contribution in [0, 0.1) is 0 Å². The van der Waals surface area contributed by atoms with E-state index in [1.807, 2.05) is 16.9 Å². The number of carbonyl (C=O) groups is 1. The van der Waals surface area contributed by atoms with Crippen LogP contribution < -0.4 is 20.5 Å². The zero-order chi connectivity index (χ0) is 22.4. The molecule has 4 heterocycles. The summed E-state index contributed by atoms with van der Waals surface area (Å²) in [6.07, 6.45) is 9.43. The SMILES string of the molecule is CC1(C)CN(c2ccc(Nc3ncccc(C=O)n(N4CCCCC4)cn3)nc2)CCN1. The van der Waals surface area contributed by atoms with Crippen LogP contribution in [0.4, 0.5) is 17.5 Å². The number of hydrogen-bond acceptors (Lipinski definition) is 8. The van der Waals surface area contributed by atoms with Crippen molar-refractivity contribution in [1.82, 2.24) is 24.9 Å².